The molecule has 114 valence electrons. The average molecular weight is 299 g/mol. The molecule has 0 spiro atoms. The molecule has 0 radical (unpaired) electrons. The van der Waals surface area contributed by atoms with Crippen molar-refractivity contribution in [1.29, 1.82) is 0 Å². The van der Waals surface area contributed by atoms with Gasteiger partial charge < -0.3 is 4.52 Å². The van der Waals surface area contributed by atoms with Gasteiger partial charge in [-0.05, 0) is 18.6 Å². The molecule has 0 heterocycles. The first kappa shape index (κ1) is 17.2. The Hall–Kier alpha value is -0.830. The summed E-state index contributed by atoms with van der Waals surface area (Å²) in [6.45, 7) is 2.59. The Morgan fingerprint density at radius 2 is 1.60 bits per heavy atom. The van der Waals surface area contributed by atoms with E-state index in [1.165, 1.54) is 32.1 Å². The van der Waals surface area contributed by atoms with Crippen LogP contribution in [0.3, 0.4) is 0 Å². The normalized spacial score (nSPS) is 13.9. The highest BCUT2D eigenvalue weighted by molar-refractivity contribution is 7.51. The van der Waals surface area contributed by atoms with Gasteiger partial charge in [0.25, 0.3) is 0 Å². The molecular weight excluding hydrogens is 273 g/mol. The van der Waals surface area contributed by atoms with Crippen LogP contribution in [0, 0.1) is 0 Å². The van der Waals surface area contributed by atoms with Crippen molar-refractivity contribution in [2.45, 2.75) is 51.9 Å². The van der Waals surface area contributed by atoms with Crippen LogP contribution in [0.25, 0.3) is 0 Å². The summed E-state index contributed by atoms with van der Waals surface area (Å²) in [4.78, 5) is 0. The minimum absolute atomic E-state index is 0.383. The highest BCUT2D eigenvalue weighted by Crippen LogP contribution is 2.40. The van der Waals surface area contributed by atoms with Crippen molar-refractivity contribution in [1.82, 2.24) is 0 Å². The fourth-order valence-corrected chi connectivity index (χ4v) is 2.76. The second-order valence-electron chi connectivity index (χ2n) is 4.90. The Kier molecular flexibility index (Phi) is 8.59. The van der Waals surface area contributed by atoms with Crippen LogP contribution in [-0.2, 0) is 9.09 Å². The number of para-hydroxylation sites is 1. The van der Waals surface area contributed by atoms with Gasteiger partial charge in [-0.25, -0.2) is 10.1 Å². The second kappa shape index (κ2) is 9.98. The maximum Gasteiger partial charge on any atom is 0.456 e. The van der Waals surface area contributed by atoms with E-state index >= 15 is 0 Å². The number of hydrogen-bond donors (Lipinski definition) is 1. The molecule has 0 saturated heterocycles. The first-order chi connectivity index (χ1) is 9.64. The minimum atomic E-state index is -3.48. The molecule has 1 rings (SSSR count). The van der Waals surface area contributed by atoms with Gasteiger partial charge in [0, 0.05) is 0 Å². The van der Waals surface area contributed by atoms with E-state index in [0.717, 1.165) is 12.8 Å². The molecule has 0 aromatic heterocycles. The van der Waals surface area contributed by atoms with Crippen LogP contribution < -0.4 is 10.0 Å². The molecule has 0 aliphatic rings. The Labute approximate surface area is 122 Å². The van der Waals surface area contributed by atoms with Crippen molar-refractivity contribution >= 4 is 7.75 Å². The lowest BCUT2D eigenvalue weighted by Gasteiger charge is -2.14. The topological polar surface area (TPSA) is 61.5 Å². The lowest BCUT2D eigenvalue weighted by Crippen LogP contribution is -2.07. The van der Waals surface area contributed by atoms with Crippen LogP contribution in [0.5, 0.6) is 5.75 Å². The monoisotopic (exact) mass is 299 g/mol. The molecule has 0 bridgehead atoms. The Morgan fingerprint density at radius 3 is 2.25 bits per heavy atom. The Morgan fingerprint density at radius 1 is 1.00 bits per heavy atom. The largest absolute Gasteiger partial charge is 0.456 e. The van der Waals surface area contributed by atoms with Crippen LogP contribution in [0.1, 0.15) is 51.9 Å². The summed E-state index contributed by atoms with van der Waals surface area (Å²) in [5.41, 5.74) is 5.54. The summed E-state index contributed by atoms with van der Waals surface area (Å²) in [5, 5.41) is 0. The quantitative estimate of drug-likeness (QED) is 0.466. The first-order valence-corrected chi connectivity index (χ1v) is 9.03. The summed E-state index contributed by atoms with van der Waals surface area (Å²) in [6, 6.07) is 8.86. The van der Waals surface area contributed by atoms with E-state index in [1.54, 1.807) is 24.3 Å². The van der Waals surface area contributed by atoms with E-state index in [4.69, 9.17) is 14.6 Å². The van der Waals surface area contributed by atoms with Crippen LogP contribution in [0.4, 0.5) is 0 Å². The van der Waals surface area contributed by atoms with Crippen molar-refractivity contribution in [3.05, 3.63) is 30.3 Å². The fourth-order valence-electron chi connectivity index (χ4n) is 1.91. The average Bonchev–Trinajstić information content (AvgIpc) is 2.42. The lowest BCUT2D eigenvalue weighted by molar-refractivity contribution is 0.258. The van der Waals surface area contributed by atoms with Gasteiger partial charge in [-0.15, -0.1) is 0 Å². The van der Waals surface area contributed by atoms with Crippen molar-refractivity contribution in [2.24, 2.45) is 5.50 Å². The van der Waals surface area contributed by atoms with Gasteiger partial charge in [-0.2, -0.15) is 0 Å². The third-order valence-electron chi connectivity index (χ3n) is 2.99. The molecule has 1 unspecified atom stereocenters. The lowest BCUT2D eigenvalue weighted by atomic mass is 10.1. The maximum absolute atomic E-state index is 11.9. The van der Waals surface area contributed by atoms with E-state index in [-0.39, 0.29) is 0 Å². The number of benzene rings is 1. The molecule has 1 atom stereocenters. The molecule has 0 aliphatic heterocycles. The van der Waals surface area contributed by atoms with Gasteiger partial charge in [0.15, 0.2) is 0 Å². The summed E-state index contributed by atoms with van der Waals surface area (Å²) >= 11 is 0. The molecule has 1 aromatic rings. The molecule has 0 saturated carbocycles. The predicted octanol–water partition coefficient (Wildman–Crippen LogP) is 4.90. The van der Waals surface area contributed by atoms with Crippen molar-refractivity contribution in [3.63, 3.8) is 0 Å². The molecule has 0 aliphatic carbocycles. The third-order valence-corrected chi connectivity index (χ3v) is 4.00. The maximum atomic E-state index is 11.9. The summed E-state index contributed by atoms with van der Waals surface area (Å²) in [5.74, 6) is 0.470. The van der Waals surface area contributed by atoms with E-state index in [9.17, 15) is 4.57 Å². The van der Waals surface area contributed by atoms with Gasteiger partial charge in [-0.1, -0.05) is 63.6 Å². The molecule has 4 nitrogen and oxygen atoms in total. The summed E-state index contributed by atoms with van der Waals surface area (Å²) in [6.07, 6.45) is 8.26. The van der Waals surface area contributed by atoms with Gasteiger partial charge in [0.2, 0.25) is 0 Å². The molecule has 0 fully saturated rings. The summed E-state index contributed by atoms with van der Waals surface area (Å²) in [7, 11) is -3.48. The van der Waals surface area contributed by atoms with Gasteiger partial charge in [0.05, 0.1) is 6.61 Å². The zero-order valence-corrected chi connectivity index (χ0v) is 13.2. The Balaban J connectivity index is 2.09. The SMILES string of the molecule is CCCCCCCCCOP(N)(=O)Oc1ccccc1. The van der Waals surface area contributed by atoms with E-state index in [2.05, 4.69) is 6.92 Å². The fraction of sp³-hybridized carbons (Fsp3) is 0.600. The smallest absolute Gasteiger partial charge is 0.413 e. The van der Waals surface area contributed by atoms with Crippen LogP contribution in [-0.4, -0.2) is 6.61 Å². The molecule has 2 N–H and O–H groups in total. The Bertz CT molecular complexity index is 397. The van der Waals surface area contributed by atoms with Crippen LogP contribution >= 0.6 is 7.75 Å². The minimum Gasteiger partial charge on any atom is -0.413 e. The molecule has 0 amide bonds. The van der Waals surface area contributed by atoms with Crippen molar-refractivity contribution in [2.75, 3.05) is 6.61 Å². The second-order valence-corrected chi connectivity index (χ2v) is 6.42. The van der Waals surface area contributed by atoms with Gasteiger partial charge in [0.1, 0.15) is 5.75 Å². The highest BCUT2D eigenvalue weighted by atomic mass is 31.2. The molecule has 20 heavy (non-hydrogen) atoms. The zero-order chi connectivity index (χ0) is 14.7. The van der Waals surface area contributed by atoms with Crippen molar-refractivity contribution in [3.8, 4) is 5.75 Å². The highest BCUT2D eigenvalue weighted by Gasteiger charge is 2.19. The van der Waals surface area contributed by atoms with E-state index < -0.39 is 7.75 Å². The number of unbranched alkanes of at least 4 members (excludes halogenated alkanes) is 6. The molecule has 1 aromatic carbocycles. The van der Waals surface area contributed by atoms with Crippen LogP contribution in [0.2, 0.25) is 0 Å². The predicted molar refractivity (Wildman–Crippen MR) is 82.8 cm³/mol. The van der Waals surface area contributed by atoms with Crippen molar-refractivity contribution < 1.29 is 13.6 Å². The van der Waals surface area contributed by atoms with Gasteiger partial charge in [-0.3, -0.25) is 4.52 Å². The van der Waals surface area contributed by atoms with E-state index in [0.29, 0.717) is 12.4 Å². The van der Waals surface area contributed by atoms with Gasteiger partial charge >= 0.3 is 7.75 Å². The number of hydrogen-bond acceptors (Lipinski definition) is 3. The standard InChI is InChI=1S/C15H26NO3P/c1-2-3-4-5-6-7-11-14-18-20(16,17)19-15-12-9-8-10-13-15/h8-10,12-13H,2-7,11,14H2,1H3,(H2,16,17). The number of nitrogens with two attached hydrogens (primary N) is 1. The van der Waals surface area contributed by atoms with Crippen LogP contribution in [0.15, 0.2) is 30.3 Å². The van der Waals surface area contributed by atoms with E-state index in [1.807, 2.05) is 6.07 Å². The zero-order valence-electron chi connectivity index (χ0n) is 12.3. The molecule has 5 heteroatoms. The first-order valence-electron chi connectivity index (χ1n) is 7.42. The third kappa shape index (κ3) is 8.36. The summed E-state index contributed by atoms with van der Waals surface area (Å²) < 4.78 is 22.2. The molecular formula is C15H26NO3P. The number of rotatable bonds is 11.